The van der Waals surface area contributed by atoms with Gasteiger partial charge in [-0.15, -0.1) is 0 Å². The SMILES string of the molecule is NCC1(CN2CCN(C3CCCC3)CC2)CCCCCC1. The summed E-state index contributed by atoms with van der Waals surface area (Å²) in [6, 6.07) is 0.911. The van der Waals surface area contributed by atoms with Crippen LogP contribution in [0.2, 0.25) is 0 Å². The summed E-state index contributed by atoms with van der Waals surface area (Å²) >= 11 is 0. The lowest BCUT2D eigenvalue weighted by molar-refractivity contribution is 0.0602. The van der Waals surface area contributed by atoms with Gasteiger partial charge in [0.25, 0.3) is 0 Å². The molecule has 3 rings (SSSR count). The van der Waals surface area contributed by atoms with E-state index >= 15 is 0 Å². The average Bonchev–Trinajstić information content (AvgIpc) is 2.96. The average molecular weight is 293 g/mol. The first-order chi connectivity index (χ1) is 10.3. The first-order valence-electron chi connectivity index (χ1n) is 9.48. The molecule has 0 bridgehead atoms. The molecule has 0 spiro atoms. The smallest absolute Gasteiger partial charge is 0.0113 e. The molecule has 2 saturated carbocycles. The fraction of sp³-hybridized carbons (Fsp3) is 1.00. The Bertz CT molecular complexity index is 296. The Hall–Kier alpha value is -0.120. The summed E-state index contributed by atoms with van der Waals surface area (Å²) in [4.78, 5) is 5.50. The molecule has 21 heavy (non-hydrogen) atoms. The van der Waals surface area contributed by atoms with Crippen molar-refractivity contribution in [1.29, 1.82) is 0 Å². The molecule has 3 heteroatoms. The van der Waals surface area contributed by atoms with E-state index in [0.717, 1.165) is 12.6 Å². The second-order valence-electron chi connectivity index (χ2n) is 7.87. The van der Waals surface area contributed by atoms with Crippen LogP contribution in [0.4, 0.5) is 0 Å². The normalized spacial score (nSPS) is 29.6. The Labute approximate surface area is 131 Å². The predicted molar refractivity (Wildman–Crippen MR) is 89.5 cm³/mol. The van der Waals surface area contributed by atoms with Gasteiger partial charge in [-0.1, -0.05) is 38.5 Å². The van der Waals surface area contributed by atoms with E-state index in [4.69, 9.17) is 5.73 Å². The van der Waals surface area contributed by atoms with Crippen LogP contribution < -0.4 is 5.73 Å². The monoisotopic (exact) mass is 293 g/mol. The molecule has 0 aromatic heterocycles. The van der Waals surface area contributed by atoms with Crippen molar-refractivity contribution < 1.29 is 0 Å². The van der Waals surface area contributed by atoms with Gasteiger partial charge in [-0.2, -0.15) is 0 Å². The number of rotatable bonds is 4. The number of hydrogen-bond acceptors (Lipinski definition) is 3. The molecule has 0 unspecified atom stereocenters. The van der Waals surface area contributed by atoms with E-state index in [1.165, 1.54) is 96.9 Å². The molecule has 1 heterocycles. The van der Waals surface area contributed by atoms with Crippen LogP contribution in [0, 0.1) is 5.41 Å². The predicted octanol–water partition coefficient (Wildman–Crippen LogP) is 2.85. The third kappa shape index (κ3) is 4.00. The number of nitrogens with zero attached hydrogens (tertiary/aromatic N) is 2. The van der Waals surface area contributed by atoms with Crippen molar-refractivity contribution in [3.63, 3.8) is 0 Å². The summed E-state index contributed by atoms with van der Waals surface area (Å²) in [7, 11) is 0. The Morgan fingerprint density at radius 2 is 1.43 bits per heavy atom. The Balaban J connectivity index is 1.49. The fourth-order valence-electron chi connectivity index (χ4n) is 4.94. The van der Waals surface area contributed by atoms with Gasteiger partial charge in [0, 0.05) is 38.8 Å². The van der Waals surface area contributed by atoms with Gasteiger partial charge in [0.15, 0.2) is 0 Å². The molecule has 3 aliphatic rings. The first kappa shape index (κ1) is 15.8. The molecule has 0 radical (unpaired) electrons. The highest BCUT2D eigenvalue weighted by Crippen LogP contribution is 2.35. The second kappa shape index (κ2) is 7.43. The van der Waals surface area contributed by atoms with Crippen molar-refractivity contribution in [3.05, 3.63) is 0 Å². The third-order valence-electron chi connectivity index (χ3n) is 6.40. The van der Waals surface area contributed by atoms with Crippen molar-refractivity contribution in [2.24, 2.45) is 11.1 Å². The minimum Gasteiger partial charge on any atom is -0.330 e. The zero-order chi connectivity index (χ0) is 14.5. The molecule has 0 atom stereocenters. The maximum absolute atomic E-state index is 6.21. The number of nitrogens with two attached hydrogens (primary N) is 1. The van der Waals surface area contributed by atoms with Crippen LogP contribution in [0.5, 0.6) is 0 Å². The molecular weight excluding hydrogens is 258 g/mol. The summed E-state index contributed by atoms with van der Waals surface area (Å²) in [5, 5.41) is 0. The van der Waals surface area contributed by atoms with Crippen molar-refractivity contribution >= 4 is 0 Å². The highest BCUT2D eigenvalue weighted by molar-refractivity contribution is 4.89. The molecule has 122 valence electrons. The number of hydrogen-bond donors (Lipinski definition) is 1. The van der Waals surface area contributed by atoms with Gasteiger partial charge in [-0.3, -0.25) is 4.90 Å². The minimum absolute atomic E-state index is 0.437. The van der Waals surface area contributed by atoms with E-state index in [-0.39, 0.29) is 0 Å². The first-order valence-corrected chi connectivity index (χ1v) is 9.48. The summed E-state index contributed by atoms with van der Waals surface area (Å²) in [6.07, 6.45) is 14.2. The van der Waals surface area contributed by atoms with E-state index < -0.39 is 0 Å². The molecule has 3 fully saturated rings. The maximum Gasteiger partial charge on any atom is 0.0113 e. The van der Waals surface area contributed by atoms with Crippen LogP contribution in [-0.2, 0) is 0 Å². The second-order valence-corrected chi connectivity index (χ2v) is 7.87. The number of piperazine rings is 1. The standard InChI is InChI=1S/C18H35N3/c19-15-18(9-5-1-2-6-10-18)16-20-11-13-21(14-12-20)17-7-3-4-8-17/h17H,1-16,19H2. The molecule has 3 nitrogen and oxygen atoms in total. The molecular formula is C18H35N3. The molecule has 1 aliphatic heterocycles. The molecule has 1 saturated heterocycles. The minimum atomic E-state index is 0.437. The van der Waals surface area contributed by atoms with Crippen LogP contribution >= 0.6 is 0 Å². The largest absolute Gasteiger partial charge is 0.330 e. The summed E-state index contributed by atoms with van der Waals surface area (Å²) in [5.41, 5.74) is 6.65. The van der Waals surface area contributed by atoms with Gasteiger partial charge in [-0.25, -0.2) is 0 Å². The van der Waals surface area contributed by atoms with Crippen LogP contribution in [0.3, 0.4) is 0 Å². The van der Waals surface area contributed by atoms with Gasteiger partial charge < -0.3 is 10.6 Å². The van der Waals surface area contributed by atoms with Crippen LogP contribution in [0.15, 0.2) is 0 Å². The fourth-order valence-corrected chi connectivity index (χ4v) is 4.94. The van der Waals surface area contributed by atoms with Gasteiger partial charge in [0.1, 0.15) is 0 Å². The third-order valence-corrected chi connectivity index (χ3v) is 6.40. The van der Waals surface area contributed by atoms with Crippen LogP contribution in [0.25, 0.3) is 0 Å². The molecule has 0 amide bonds. The lowest BCUT2D eigenvalue weighted by atomic mass is 9.79. The van der Waals surface area contributed by atoms with E-state index in [0.29, 0.717) is 5.41 Å². The van der Waals surface area contributed by atoms with Crippen molar-refractivity contribution in [3.8, 4) is 0 Å². The molecule has 0 aromatic rings. The highest BCUT2D eigenvalue weighted by Gasteiger charge is 2.33. The van der Waals surface area contributed by atoms with Crippen LogP contribution in [-0.4, -0.2) is 55.1 Å². The van der Waals surface area contributed by atoms with Crippen molar-refractivity contribution in [1.82, 2.24) is 9.80 Å². The lowest BCUT2D eigenvalue weighted by Gasteiger charge is -2.43. The topological polar surface area (TPSA) is 32.5 Å². The van der Waals surface area contributed by atoms with Gasteiger partial charge in [-0.05, 0) is 37.6 Å². The van der Waals surface area contributed by atoms with E-state index in [9.17, 15) is 0 Å². The Kier molecular flexibility index (Phi) is 5.58. The summed E-state index contributed by atoms with van der Waals surface area (Å²) < 4.78 is 0. The lowest BCUT2D eigenvalue weighted by Crippen LogP contribution is -2.53. The maximum atomic E-state index is 6.21. The quantitative estimate of drug-likeness (QED) is 0.809. The molecule has 2 aliphatic carbocycles. The van der Waals surface area contributed by atoms with Gasteiger partial charge in [0.05, 0.1) is 0 Å². The van der Waals surface area contributed by atoms with E-state index in [1.807, 2.05) is 0 Å². The zero-order valence-corrected chi connectivity index (χ0v) is 13.9. The van der Waals surface area contributed by atoms with Gasteiger partial charge >= 0.3 is 0 Å². The van der Waals surface area contributed by atoms with Crippen molar-refractivity contribution in [2.45, 2.75) is 70.3 Å². The zero-order valence-electron chi connectivity index (χ0n) is 13.9. The highest BCUT2D eigenvalue weighted by atomic mass is 15.3. The molecule has 2 N–H and O–H groups in total. The summed E-state index contributed by atoms with van der Waals surface area (Å²) in [5.74, 6) is 0. The van der Waals surface area contributed by atoms with E-state index in [1.54, 1.807) is 0 Å². The Morgan fingerprint density at radius 1 is 0.810 bits per heavy atom. The summed E-state index contributed by atoms with van der Waals surface area (Å²) in [6.45, 7) is 7.31. The van der Waals surface area contributed by atoms with Gasteiger partial charge in [0.2, 0.25) is 0 Å². The molecule has 0 aromatic carbocycles. The van der Waals surface area contributed by atoms with Crippen molar-refractivity contribution in [2.75, 3.05) is 39.3 Å². The van der Waals surface area contributed by atoms with E-state index in [2.05, 4.69) is 9.80 Å². The Morgan fingerprint density at radius 3 is 2.00 bits per heavy atom. The van der Waals surface area contributed by atoms with Crippen LogP contribution in [0.1, 0.15) is 64.2 Å².